The van der Waals surface area contributed by atoms with Crippen molar-refractivity contribution in [3.63, 3.8) is 0 Å². The van der Waals surface area contributed by atoms with Crippen LogP contribution in [0.1, 0.15) is 12.8 Å². The molecule has 4 N–H and O–H groups in total. The van der Waals surface area contributed by atoms with Crippen LogP contribution in [0.2, 0.25) is 0 Å². The second-order valence-electron chi connectivity index (χ2n) is 2.14. The highest BCUT2D eigenvalue weighted by atomic mass is 32.2. The summed E-state index contributed by atoms with van der Waals surface area (Å²) in [6.07, 6.45) is 2.34. The molecule has 2 unspecified atom stereocenters. The van der Waals surface area contributed by atoms with E-state index in [0.717, 1.165) is 6.42 Å². The third kappa shape index (κ3) is 1.37. The maximum absolute atomic E-state index is 5.63. The van der Waals surface area contributed by atoms with Crippen LogP contribution in [0.3, 0.4) is 0 Å². The molecule has 2 atom stereocenters. The van der Waals surface area contributed by atoms with Gasteiger partial charge in [0.1, 0.15) is 0 Å². The molecule has 0 saturated carbocycles. The van der Waals surface area contributed by atoms with Gasteiger partial charge in [0.25, 0.3) is 0 Å². The SMILES string of the molecule is NC1CCCSC1N. The van der Waals surface area contributed by atoms with E-state index in [9.17, 15) is 0 Å². The van der Waals surface area contributed by atoms with Gasteiger partial charge in [-0.15, -0.1) is 11.8 Å². The highest BCUT2D eigenvalue weighted by molar-refractivity contribution is 7.99. The molecule has 0 aromatic rings. The summed E-state index contributed by atoms with van der Waals surface area (Å²) >= 11 is 1.78. The summed E-state index contributed by atoms with van der Waals surface area (Å²) in [6, 6.07) is 0.244. The van der Waals surface area contributed by atoms with Crippen molar-refractivity contribution in [3.05, 3.63) is 0 Å². The molecule has 0 radical (unpaired) electrons. The molecular formula is C5H12N2S. The Hall–Kier alpha value is 0.270. The molecule has 3 heteroatoms. The summed E-state index contributed by atoms with van der Waals surface area (Å²) < 4.78 is 0. The van der Waals surface area contributed by atoms with E-state index in [4.69, 9.17) is 11.5 Å². The van der Waals surface area contributed by atoms with Gasteiger partial charge in [-0.1, -0.05) is 0 Å². The Labute approximate surface area is 54.0 Å². The topological polar surface area (TPSA) is 52.0 Å². The van der Waals surface area contributed by atoms with Gasteiger partial charge in [-0.3, -0.25) is 0 Å². The molecule has 1 aliphatic heterocycles. The molecule has 1 aliphatic rings. The lowest BCUT2D eigenvalue weighted by atomic mass is 10.2. The largest absolute Gasteiger partial charge is 0.326 e. The summed E-state index contributed by atoms with van der Waals surface area (Å²) in [5.74, 6) is 1.19. The zero-order chi connectivity index (χ0) is 5.98. The fourth-order valence-electron chi connectivity index (χ4n) is 0.826. The average molecular weight is 132 g/mol. The van der Waals surface area contributed by atoms with Crippen LogP contribution in [0, 0.1) is 0 Å². The summed E-state index contributed by atoms with van der Waals surface area (Å²) in [7, 11) is 0. The minimum Gasteiger partial charge on any atom is -0.326 e. The molecule has 1 heterocycles. The van der Waals surface area contributed by atoms with E-state index in [1.807, 2.05) is 0 Å². The first-order valence-electron chi connectivity index (χ1n) is 2.93. The monoisotopic (exact) mass is 132 g/mol. The molecule has 0 aromatic carbocycles. The van der Waals surface area contributed by atoms with Gasteiger partial charge in [0, 0.05) is 6.04 Å². The van der Waals surface area contributed by atoms with Crippen LogP contribution in [0.15, 0.2) is 0 Å². The Morgan fingerprint density at radius 3 is 2.50 bits per heavy atom. The first-order chi connectivity index (χ1) is 3.80. The lowest BCUT2D eigenvalue weighted by molar-refractivity contribution is 0.571. The molecule has 0 bridgehead atoms. The van der Waals surface area contributed by atoms with E-state index < -0.39 is 0 Å². The molecule has 48 valence electrons. The molecule has 0 amide bonds. The molecule has 1 saturated heterocycles. The maximum Gasteiger partial charge on any atom is 0.0660 e. The van der Waals surface area contributed by atoms with Crippen molar-refractivity contribution in [2.45, 2.75) is 24.3 Å². The van der Waals surface area contributed by atoms with Crippen molar-refractivity contribution < 1.29 is 0 Å². The van der Waals surface area contributed by atoms with Crippen LogP contribution < -0.4 is 11.5 Å². The highest BCUT2D eigenvalue weighted by Crippen LogP contribution is 2.19. The normalized spacial score (nSPS) is 39.8. The van der Waals surface area contributed by atoms with Crippen LogP contribution in [0.5, 0.6) is 0 Å². The molecule has 0 aromatic heterocycles. The van der Waals surface area contributed by atoms with Crippen molar-refractivity contribution in [2.75, 3.05) is 5.75 Å². The van der Waals surface area contributed by atoms with Crippen LogP contribution in [0.25, 0.3) is 0 Å². The summed E-state index contributed by atoms with van der Waals surface area (Å²) in [6.45, 7) is 0. The highest BCUT2D eigenvalue weighted by Gasteiger charge is 2.17. The van der Waals surface area contributed by atoms with Crippen LogP contribution in [-0.2, 0) is 0 Å². The van der Waals surface area contributed by atoms with Crippen molar-refractivity contribution in [2.24, 2.45) is 11.5 Å². The van der Waals surface area contributed by atoms with Gasteiger partial charge in [0.15, 0.2) is 0 Å². The van der Waals surface area contributed by atoms with Gasteiger partial charge >= 0.3 is 0 Å². The third-order valence-corrected chi connectivity index (χ3v) is 2.67. The number of rotatable bonds is 0. The maximum atomic E-state index is 5.63. The summed E-state index contributed by atoms with van der Waals surface area (Å²) in [5, 5.41) is 0.198. The van der Waals surface area contributed by atoms with E-state index in [1.165, 1.54) is 12.2 Å². The Morgan fingerprint density at radius 2 is 2.12 bits per heavy atom. The van der Waals surface area contributed by atoms with Crippen LogP contribution in [-0.4, -0.2) is 17.2 Å². The quantitative estimate of drug-likeness (QED) is 0.492. The van der Waals surface area contributed by atoms with Gasteiger partial charge in [-0.25, -0.2) is 0 Å². The Balaban J connectivity index is 2.28. The lowest BCUT2D eigenvalue weighted by Crippen LogP contribution is -2.41. The number of hydrogen-bond acceptors (Lipinski definition) is 3. The van der Waals surface area contributed by atoms with E-state index in [0.29, 0.717) is 0 Å². The van der Waals surface area contributed by atoms with E-state index >= 15 is 0 Å². The standard InChI is InChI=1S/C5H12N2S/c6-4-2-1-3-8-5(4)7/h4-5H,1-3,6-7H2. The number of nitrogens with two attached hydrogens (primary N) is 2. The first kappa shape index (κ1) is 6.39. The smallest absolute Gasteiger partial charge is 0.0660 e. The van der Waals surface area contributed by atoms with Gasteiger partial charge in [0.2, 0.25) is 0 Å². The molecule has 2 nitrogen and oxygen atoms in total. The van der Waals surface area contributed by atoms with Crippen LogP contribution >= 0.6 is 11.8 Å². The van der Waals surface area contributed by atoms with Gasteiger partial charge in [-0.2, -0.15) is 0 Å². The first-order valence-corrected chi connectivity index (χ1v) is 3.98. The number of hydrogen-bond donors (Lipinski definition) is 2. The predicted octanol–water partition coefficient (Wildman–Crippen LogP) is 0.126. The average Bonchev–Trinajstić information content (AvgIpc) is 1.77. The lowest BCUT2D eigenvalue weighted by Gasteiger charge is -2.23. The van der Waals surface area contributed by atoms with E-state index in [1.54, 1.807) is 11.8 Å². The minimum atomic E-state index is 0.198. The molecule has 1 rings (SSSR count). The molecule has 0 spiro atoms. The third-order valence-electron chi connectivity index (χ3n) is 1.41. The second-order valence-corrected chi connectivity index (χ2v) is 3.43. The summed E-state index contributed by atoms with van der Waals surface area (Å²) in [4.78, 5) is 0. The zero-order valence-electron chi connectivity index (χ0n) is 4.84. The molecule has 8 heavy (non-hydrogen) atoms. The molecule has 0 aliphatic carbocycles. The predicted molar refractivity (Wildman–Crippen MR) is 37.6 cm³/mol. The second kappa shape index (κ2) is 2.71. The van der Waals surface area contributed by atoms with E-state index in [-0.39, 0.29) is 11.4 Å². The van der Waals surface area contributed by atoms with Crippen molar-refractivity contribution in [1.29, 1.82) is 0 Å². The zero-order valence-corrected chi connectivity index (χ0v) is 5.66. The van der Waals surface area contributed by atoms with Gasteiger partial charge in [0.05, 0.1) is 5.37 Å². The molecule has 1 fully saturated rings. The Bertz CT molecular complexity index is 66.8. The van der Waals surface area contributed by atoms with Gasteiger partial charge in [-0.05, 0) is 18.6 Å². The fourth-order valence-corrected chi connectivity index (χ4v) is 1.82. The van der Waals surface area contributed by atoms with E-state index in [2.05, 4.69) is 0 Å². The molecular weight excluding hydrogens is 120 g/mol. The minimum absolute atomic E-state index is 0.198. The number of thioether (sulfide) groups is 1. The summed E-state index contributed by atoms with van der Waals surface area (Å²) in [5.41, 5.74) is 11.2. The van der Waals surface area contributed by atoms with Crippen molar-refractivity contribution >= 4 is 11.8 Å². The Morgan fingerprint density at radius 1 is 1.38 bits per heavy atom. The van der Waals surface area contributed by atoms with Crippen molar-refractivity contribution in [1.82, 2.24) is 0 Å². The van der Waals surface area contributed by atoms with Crippen LogP contribution in [0.4, 0.5) is 0 Å². The Kier molecular flexibility index (Phi) is 2.16. The van der Waals surface area contributed by atoms with Crippen molar-refractivity contribution in [3.8, 4) is 0 Å². The fraction of sp³-hybridized carbons (Fsp3) is 1.00. The van der Waals surface area contributed by atoms with Gasteiger partial charge < -0.3 is 11.5 Å².